The summed E-state index contributed by atoms with van der Waals surface area (Å²) < 4.78 is 14.4. The van der Waals surface area contributed by atoms with Crippen molar-refractivity contribution in [1.29, 1.82) is 0 Å². The summed E-state index contributed by atoms with van der Waals surface area (Å²) in [6.07, 6.45) is 0.661. The molecule has 0 aliphatic carbocycles. The average Bonchev–Trinajstić information content (AvgIpc) is 3.29. The van der Waals surface area contributed by atoms with Crippen molar-refractivity contribution in [1.82, 2.24) is 19.6 Å². The predicted octanol–water partition coefficient (Wildman–Crippen LogP) is 2.42. The number of ether oxygens (including phenoxy) is 2. The lowest BCUT2D eigenvalue weighted by Crippen LogP contribution is -2.45. The number of carbonyl (C=O) groups excluding carboxylic acids is 2. The van der Waals surface area contributed by atoms with Crippen molar-refractivity contribution in [2.75, 3.05) is 27.3 Å². The van der Waals surface area contributed by atoms with Gasteiger partial charge in [-0.15, -0.1) is 5.10 Å². The molecule has 1 aliphatic heterocycles. The van der Waals surface area contributed by atoms with Gasteiger partial charge in [0.1, 0.15) is 16.2 Å². The molecule has 1 aromatic carbocycles. The lowest BCUT2D eigenvalue weighted by molar-refractivity contribution is 0.0184. The summed E-state index contributed by atoms with van der Waals surface area (Å²) in [6.45, 7) is 2.53. The van der Waals surface area contributed by atoms with Gasteiger partial charge in [-0.05, 0) is 37.0 Å². The van der Waals surface area contributed by atoms with Gasteiger partial charge in [0.05, 0.1) is 24.9 Å². The van der Waals surface area contributed by atoms with Crippen LogP contribution in [0.1, 0.15) is 32.1 Å². The zero-order chi connectivity index (χ0) is 18.8. The molecule has 138 valence electrons. The molecule has 1 aliphatic rings. The molecule has 26 heavy (non-hydrogen) atoms. The number of halogens is 1. The molecule has 0 N–H and O–H groups in total. The third-order valence-corrected chi connectivity index (χ3v) is 5.17. The largest absolute Gasteiger partial charge is 0.496 e. The van der Waals surface area contributed by atoms with Crippen LogP contribution in [0.3, 0.4) is 0 Å². The fraction of sp³-hybridized carbons (Fsp3) is 0.375. The van der Waals surface area contributed by atoms with Gasteiger partial charge in [-0.2, -0.15) is 0 Å². The van der Waals surface area contributed by atoms with Crippen molar-refractivity contribution in [3.05, 3.63) is 33.3 Å². The second kappa shape index (κ2) is 7.46. The van der Waals surface area contributed by atoms with E-state index in [1.165, 1.54) is 24.2 Å². The summed E-state index contributed by atoms with van der Waals surface area (Å²) in [5, 5.41) is 6.95. The molecule has 8 nitrogen and oxygen atoms in total. The number of hydrogen-bond donors (Lipinski definition) is 0. The Morgan fingerprint density at radius 3 is 2.42 bits per heavy atom. The molecule has 1 fully saturated rings. The van der Waals surface area contributed by atoms with E-state index < -0.39 is 5.91 Å². The van der Waals surface area contributed by atoms with E-state index >= 15 is 0 Å². The van der Waals surface area contributed by atoms with E-state index in [0.717, 1.165) is 11.5 Å². The lowest BCUT2D eigenvalue weighted by Gasteiger charge is -2.28. The van der Waals surface area contributed by atoms with Gasteiger partial charge in [0.2, 0.25) is 0 Å². The van der Waals surface area contributed by atoms with E-state index in [0.29, 0.717) is 35.8 Å². The Labute approximate surface area is 159 Å². The van der Waals surface area contributed by atoms with E-state index in [1.54, 1.807) is 19.1 Å². The van der Waals surface area contributed by atoms with Crippen LogP contribution in [-0.2, 0) is 0 Å². The Balaban J connectivity index is 1.98. The highest BCUT2D eigenvalue weighted by Gasteiger charge is 2.36. The Bertz CT molecular complexity index is 857. The number of aryl methyl sites for hydroxylation is 1. The van der Waals surface area contributed by atoms with E-state index in [9.17, 15) is 9.59 Å². The Hall–Kier alpha value is -2.39. The topological polar surface area (TPSA) is 84.9 Å². The molecule has 1 aromatic heterocycles. The fourth-order valence-corrected chi connectivity index (χ4v) is 3.66. The minimum Gasteiger partial charge on any atom is -0.496 e. The number of rotatable bonds is 4. The minimum absolute atomic E-state index is 0.182. The minimum atomic E-state index is -0.415. The number of methoxy groups -OCH3 is 2. The third kappa shape index (κ3) is 3.08. The smallest absolute Gasteiger partial charge is 0.286 e. The highest BCUT2D eigenvalue weighted by Crippen LogP contribution is 2.37. The number of benzene rings is 1. The van der Waals surface area contributed by atoms with Crippen molar-refractivity contribution in [3.63, 3.8) is 0 Å². The molecule has 10 heteroatoms. The summed E-state index contributed by atoms with van der Waals surface area (Å²) in [7, 11) is 2.88. The molecule has 0 atom stereocenters. The molecule has 2 amide bonds. The first-order valence-electron chi connectivity index (χ1n) is 7.82. The average molecular weight is 397 g/mol. The highest BCUT2D eigenvalue weighted by molar-refractivity contribution is 7.07. The molecule has 1 saturated heterocycles. The van der Waals surface area contributed by atoms with Crippen LogP contribution in [0.5, 0.6) is 11.5 Å². The standard InChI is InChI=1S/C16H17ClN4O4S/c1-9-14(26-19-18-9)16(23)21-8-4-7-20(21)15(22)12-11(24-2)6-5-10(17)13(12)25-3/h5-6H,4,7-8H2,1-3H3. The van der Waals surface area contributed by atoms with Gasteiger partial charge in [-0.25, -0.2) is 10.0 Å². The zero-order valence-corrected chi connectivity index (χ0v) is 16.1. The normalized spacial score (nSPS) is 13.8. The first kappa shape index (κ1) is 18.4. The van der Waals surface area contributed by atoms with Crippen molar-refractivity contribution in [3.8, 4) is 11.5 Å². The quantitative estimate of drug-likeness (QED) is 0.789. The Kier molecular flexibility index (Phi) is 5.28. The van der Waals surface area contributed by atoms with E-state index in [2.05, 4.69) is 9.59 Å². The maximum Gasteiger partial charge on any atom is 0.286 e. The predicted molar refractivity (Wildman–Crippen MR) is 95.9 cm³/mol. The first-order valence-corrected chi connectivity index (χ1v) is 8.97. The van der Waals surface area contributed by atoms with Crippen LogP contribution >= 0.6 is 23.1 Å². The fourth-order valence-electron chi connectivity index (χ4n) is 2.82. The number of aromatic nitrogens is 2. The van der Waals surface area contributed by atoms with Crippen molar-refractivity contribution in [2.24, 2.45) is 0 Å². The zero-order valence-electron chi connectivity index (χ0n) is 14.5. The summed E-state index contributed by atoms with van der Waals surface area (Å²) in [6, 6.07) is 3.19. The molecular formula is C16H17ClN4O4S. The summed E-state index contributed by atoms with van der Waals surface area (Å²) in [4.78, 5) is 26.5. The van der Waals surface area contributed by atoms with Crippen LogP contribution < -0.4 is 9.47 Å². The van der Waals surface area contributed by atoms with Gasteiger partial charge in [0.15, 0.2) is 5.75 Å². The maximum atomic E-state index is 13.2. The monoisotopic (exact) mass is 396 g/mol. The second-order valence-electron chi connectivity index (χ2n) is 5.56. The molecule has 3 rings (SSSR count). The van der Waals surface area contributed by atoms with Crippen molar-refractivity contribution < 1.29 is 19.1 Å². The highest BCUT2D eigenvalue weighted by atomic mass is 35.5. The van der Waals surface area contributed by atoms with Gasteiger partial charge >= 0.3 is 0 Å². The van der Waals surface area contributed by atoms with Gasteiger partial charge in [-0.1, -0.05) is 16.1 Å². The SMILES string of the molecule is COc1ccc(Cl)c(OC)c1C(=O)N1CCCN1C(=O)c1snnc1C. The number of nitrogens with zero attached hydrogens (tertiary/aromatic N) is 4. The van der Waals surface area contributed by atoms with Crippen LogP contribution in [0.4, 0.5) is 0 Å². The van der Waals surface area contributed by atoms with Crippen LogP contribution in [-0.4, -0.2) is 58.7 Å². The summed E-state index contributed by atoms with van der Waals surface area (Å²) >= 11 is 7.17. The van der Waals surface area contributed by atoms with Crippen molar-refractivity contribution in [2.45, 2.75) is 13.3 Å². The molecule has 0 spiro atoms. The number of amides is 2. The van der Waals surface area contributed by atoms with E-state index in [-0.39, 0.29) is 22.2 Å². The molecular weight excluding hydrogens is 380 g/mol. The van der Waals surface area contributed by atoms with Gasteiger partial charge in [0.25, 0.3) is 11.8 Å². The van der Waals surface area contributed by atoms with Crippen LogP contribution in [0, 0.1) is 6.92 Å². The Morgan fingerprint density at radius 1 is 1.15 bits per heavy atom. The van der Waals surface area contributed by atoms with E-state index in [4.69, 9.17) is 21.1 Å². The second-order valence-corrected chi connectivity index (χ2v) is 6.72. The van der Waals surface area contributed by atoms with Crippen LogP contribution in [0.25, 0.3) is 0 Å². The number of hydrogen-bond acceptors (Lipinski definition) is 7. The van der Waals surface area contributed by atoms with Gasteiger partial charge in [0, 0.05) is 13.1 Å². The molecule has 2 heterocycles. The third-order valence-electron chi connectivity index (χ3n) is 4.06. The molecule has 0 unspecified atom stereocenters. The van der Waals surface area contributed by atoms with Crippen molar-refractivity contribution >= 4 is 34.9 Å². The molecule has 2 aromatic rings. The number of hydrazine groups is 1. The molecule has 0 bridgehead atoms. The molecule has 0 saturated carbocycles. The maximum absolute atomic E-state index is 13.2. The van der Waals surface area contributed by atoms with Gasteiger partial charge < -0.3 is 9.47 Å². The lowest BCUT2D eigenvalue weighted by atomic mass is 10.1. The summed E-state index contributed by atoms with van der Waals surface area (Å²) in [5.41, 5.74) is 0.721. The Morgan fingerprint density at radius 2 is 1.85 bits per heavy atom. The first-order chi connectivity index (χ1) is 12.5. The van der Waals surface area contributed by atoms with Crippen LogP contribution in [0.2, 0.25) is 5.02 Å². The molecule has 0 radical (unpaired) electrons. The van der Waals surface area contributed by atoms with Gasteiger partial charge in [-0.3, -0.25) is 9.59 Å². The summed E-state index contributed by atoms with van der Waals surface area (Å²) in [5.74, 6) is -0.178. The van der Waals surface area contributed by atoms with E-state index in [1.807, 2.05) is 0 Å². The number of carbonyl (C=O) groups is 2. The van der Waals surface area contributed by atoms with Crippen LogP contribution in [0.15, 0.2) is 12.1 Å².